The van der Waals surface area contributed by atoms with Crippen LogP contribution in [0.25, 0.3) is 0 Å². The van der Waals surface area contributed by atoms with Crippen LogP contribution in [0.1, 0.15) is 49.7 Å². The van der Waals surface area contributed by atoms with Crippen molar-refractivity contribution in [1.82, 2.24) is 9.80 Å². The van der Waals surface area contributed by atoms with Crippen molar-refractivity contribution in [2.75, 3.05) is 40.4 Å². The van der Waals surface area contributed by atoms with Gasteiger partial charge in [0.1, 0.15) is 11.5 Å². The first-order chi connectivity index (χ1) is 13.8. The Bertz CT molecular complexity index is 693. The van der Waals surface area contributed by atoms with Crippen molar-refractivity contribution in [2.45, 2.75) is 51.4 Å². The summed E-state index contributed by atoms with van der Waals surface area (Å²) in [7, 11) is 3.40. The van der Waals surface area contributed by atoms with Crippen LogP contribution in [0.2, 0.25) is 0 Å². The molecule has 0 unspecified atom stereocenters. The van der Waals surface area contributed by atoms with E-state index in [1.54, 1.807) is 14.2 Å². The molecule has 3 rings (SSSR count). The zero-order valence-electron chi connectivity index (χ0n) is 17.4. The molecule has 2 aliphatic heterocycles. The molecule has 0 aromatic heterocycles. The summed E-state index contributed by atoms with van der Waals surface area (Å²) in [5, 5.41) is 0. The summed E-state index contributed by atoms with van der Waals surface area (Å²) >= 11 is 0. The van der Waals surface area contributed by atoms with Crippen molar-refractivity contribution in [3.8, 4) is 35.4 Å². The Kier molecular flexibility index (Phi) is 7.80. The zero-order chi connectivity index (χ0) is 19.6. The van der Waals surface area contributed by atoms with Gasteiger partial charge in [-0.15, -0.1) is 0 Å². The number of benzene rings is 1. The maximum Gasteiger partial charge on any atom is 0.126 e. The van der Waals surface area contributed by atoms with Gasteiger partial charge in [-0.05, 0) is 44.6 Å². The van der Waals surface area contributed by atoms with E-state index in [2.05, 4.69) is 39.8 Å². The molecule has 0 aliphatic carbocycles. The van der Waals surface area contributed by atoms with Crippen molar-refractivity contribution in [1.29, 1.82) is 0 Å². The van der Waals surface area contributed by atoms with Crippen molar-refractivity contribution in [3.63, 3.8) is 0 Å². The third-order valence-corrected chi connectivity index (χ3v) is 5.43. The minimum Gasteiger partial charge on any atom is -0.496 e. The molecule has 4 heteroatoms. The molecule has 4 nitrogen and oxygen atoms in total. The van der Waals surface area contributed by atoms with Crippen LogP contribution >= 0.6 is 0 Å². The van der Waals surface area contributed by atoms with Gasteiger partial charge < -0.3 is 19.3 Å². The van der Waals surface area contributed by atoms with E-state index in [1.807, 2.05) is 6.07 Å². The van der Waals surface area contributed by atoms with E-state index < -0.39 is 0 Å². The second kappa shape index (κ2) is 10.8. The fraction of sp³-hybridized carbons (Fsp3) is 0.583. The van der Waals surface area contributed by atoms with Gasteiger partial charge in [-0.3, -0.25) is 0 Å². The predicted octanol–water partition coefficient (Wildman–Crippen LogP) is 3.68. The normalized spacial score (nSPS) is 16.5. The smallest absolute Gasteiger partial charge is 0.126 e. The molecule has 0 saturated carbocycles. The zero-order valence-corrected chi connectivity index (χ0v) is 17.4. The van der Waals surface area contributed by atoms with E-state index in [0.717, 1.165) is 48.8 Å². The first-order valence-corrected chi connectivity index (χ1v) is 10.5. The number of ether oxygens (including phenoxy) is 2. The summed E-state index contributed by atoms with van der Waals surface area (Å²) in [5.41, 5.74) is 2.20. The van der Waals surface area contributed by atoms with Gasteiger partial charge >= 0.3 is 0 Å². The van der Waals surface area contributed by atoms with Crippen LogP contribution in [0.4, 0.5) is 0 Å². The van der Waals surface area contributed by atoms with Gasteiger partial charge in [0.05, 0.1) is 14.2 Å². The lowest BCUT2D eigenvalue weighted by Crippen LogP contribution is -2.24. The first-order valence-electron chi connectivity index (χ1n) is 10.5. The molecule has 0 N–H and O–H groups in total. The Morgan fingerprint density at radius 3 is 1.50 bits per heavy atom. The molecule has 1 aromatic carbocycles. The van der Waals surface area contributed by atoms with E-state index in [9.17, 15) is 0 Å². The van der Waals surface area contributed by atoms with E-state index in [1.165, 1.54) is 38.5 Å². The largest absolute Gasteiger partial charge is 0.496 e. The maximum atomic E-state index is 5.58. The van der Waals surface area contributed by atoms with E-state index in [-0.39, 0.29) is 0 Å². The van der Waals surface area contributed by atoms with Crippen LogP contribution in [0.5, 0.6) is 11.5 Å². The molecule has 28 heavy (non-hydrogen) atoms. The quantitative estimate of drug-likeness (QED) is 0.744. The molecule has 0 bridgehead atoms. The van der Waals surface area contributed by atoms with E-state index >= 15 is 0 Å². The van der Waals surface area contributed by atoms with Crippen molar-refractivity contribution in [3.05, 3.63) is 23.3 Å². The average molecular weight is 381 g/mol. The van der Waals surface area contributed by atoms with Crippen LogP contribution < -0.4 is 9.47 Å². The van der Waals surface area contributed by atoms with Crippen LogP contribution in [-0.4, -0.2) is 50.2 Å². The van der Waals surface area contributed by atoms with E-state index in [4.69, 9.17) is 9.47 Å². The number of hydrogen-bond donors (Lipinski definition) is 0. The first kappa shape index (κ1) is 20.3. The predicted molar refractivity (Wildman–Crippen MR) is 113 cm³/mol. The van der Waals surface area contributed by atoms with Crippen LogP contribution in [0.15, 0.2) is 12.1 Å². The van der Waals surface area contributed by atoms with Crippen LogP contribution in [0, 0.1) is 23.9 Å². The molecule has 0 radical (unpaired) electrons. The fourth-order valence-electron chi connectivity index (χ4n) is 3.82. The molecule has 0 amide bonds. The summed E-state index contributed by atoms with van der Waals surface area (Å²) < 4.78 is 11.2. The number of piperidine rings is 2. The molecule has 2 saturated heterocycles. The molecular formula is C24H32N2O2. The van der Waals surface area contributed by atoms with Gasteiger partial charge in [0.2, 0.25) is 0 Å². The number of methoxy groups -OCH3 is 2. The topological polar surface area (TPSA) is 24.9 Å². The van der Waals surface area contributed by atoms with Gasteiger partial charge in [-0.1, -0.05) is 11.8 Å². The lowest BCUT2D eigenvalue weighted by molar-refractivity contribution is 0.326. The van der Waals surface area contributed by atoms with Crippen molar-refractivity contribution >= 4 is 0 Å². The second-order valence-electron chi connectivity index (χ2n) is 7.50. The SMILES string of the molecule is COc1cc(OC)c(CC#CN2CCCCC2)cc1CC#CN1CCCCC1. The molecule has 2 aliphatic rings. The highest BCUT2D eigenvalue weighted by Gasteiger charge is 2.11. The fourth-order valence-corrected chi connectivity index (χ4v) is 3.82. The van der Waals surface area contributed by atoms with Crippen LogP contribution in [-0.2, 0) is 12.8 Å². The minimum atomic E-state index is 0.677. The standard InChI is InChI=1S/C24H32N2O2/c1-27-23-20-24(28-2)22(12-10-18-26-15-7-4-8-16-26)19-21(23)11-9-17-25-13-5-3-6-14-25/h19-20H,3-8,11-16H2,1-2H3. The van der Waals surface area contributed by atoms with Gasteiger partial charge in [-0.2, -0.15) is 0 Å². The number of nitrogens with zero attached hydrogens (tertiary/aromatic N) is 2. The van der Waals surface area contributed by atoms with Gasteiger partial charge in [-0.25, -0.2) is 0 Å². The monoisotopic (exact) mass is 380 g/mol. The average Bonchev–Trinajstić information content (AvgIpc) is 2.75. The minimum absolute atomic E-state index is 0.677. The highest BCUT2D eigenvalue weighted by atomic mass is 16.5. The molecular weight excluding hydrogens is 348 g/mol. The highest BCUT2D eigenvalue weighted by Crippen LogP contribution is 2.29. The Morgan fingerprint density at radius 2 is 1.11 bits per heavy atom. The molecule has 2 heterocycles. The summed E-state index contributed by atoms with van der Waals surface area (Å²) in [6, 6.07) is 10.7. The summed E-state index contributed by atoms with van der Waals surface area (Å²) in [5.74, 6) is 8.32. The van der Waals surface area contributed by atoms with Gasteiger partial charge in [0.15, 0.2) is 0 Å². The lowest BCUT2D eigenvalue weighted by Gasteiger charge is -2.22. The molecule has 0 atom stereocenters. The Labute approximate surface area is 170 Å². The highest BCUT2D eigenvalue weighted by molar-refractivity contribution is 5.49. The summed E-state index contributed by atoms with van der Waals surface area (Å²) in [6.07, 6.45) is 9.01. The van der Waals surface area contributed by atoms with Gasteiger partial charge in [0, 0.05) is 68.3 Å². The number of likely N-dealkylation sites (tertiary alicyclic amines) is 2. The maximum absolute atomic E-state index is 5.58. The van der Waals surface area contributed by atoms with Crippen molar-refractivity contribution < 1.29 is 9.47 Å². The number of hydrogen-bond acceptors (Lipinski definition) is 4. The molecule has 150 valence electrons. The van der Waals surface area contributed by atoms with Gasteiger partial charge in [0.25, 0.3) is 0 Å². The summed E-state index contributed by atoms with van der Waals surface area (Å²) in [6.45, 7) is 4.35. The Morgan fingerprint density at radius 1 is 0.679 bits per heavy atom. The molecule has 1 aromatic rings. The van der Waals surface area contributed by atoms with E-state index in [0.29, 0.717) is 12.8 Å². The Balaban J connectivity index is 1.71. The van der Waals surface area contributed by atoms with Crippen LogP contribution in [0.3, 0.4) is 0 Å². The Hall–Kier alpha value is -2.46. The number of rotatable bonds is 4. The second-order valence-corrected chi connectivity index (χ2v) is 7.50. The summed E-state index contributed by atoms with van der Waals surface area (Å²) in [4.78, 5) is 4.48. The third-order valence-electron chi connectivity index (χ3n) is 5.43. The van der Waals surface area contributed by atoms with Crippen molar-refractivity contribution in [2.24, 2.45) is 0 Å². The molecule has 2 fully saturated rings. The molecule has 0 spiro atoms. The lowest BCUT2D eigenvalue weighted by atomic mass is 10.0. The third kappa shape index (κ3) is 5.77.